The minimum absolute atomic E-state index is 0.240. The lowest BCUT2D eigenvalue weighted by molar-refractivity contribution is -0.126. The van der Waals surface area contributed by atoms with Crippen LogP contribution >= 0.6 is 0 Å². The molecule has 2 heteroatoms. The average Bonchev–Trinajstić information content (AvgIpc) is 3.39. The molecular formula is C25H34O2. The molecule has 5 rings (SSSR count). The van der Waals surface area contributed by atoms with E-state index >= 15 is 0 Å². The Kier molecular flexibility index (Phi) is 4.14. The summed E-state index contributed by atoms with van der Waals surface area (Å²) in [7, 11) is 0. The Balaban J connectivity index is 1.36. The van der Waals surface area contributed by atoms with Gasteiger partial charge in [-0.2, -0.15) is 0 Å². The first-order valence-corrected chi connectivity index (χ1v) is 11.3. The van der Waals surface area contributed by atoms with Crippen molar-refractivity contribution in [1.29, 1.82) is 0 Å². The van der Waals surface area contributed by atoms with E-state index in [1.54, 1.807) is 0 Å². The van der Waals surface area contributed by atoms with Crippen LogP contribution in [0.4, 0.5) is 0 Å². The molecule has 4 fully saturated rings. The predicted molar refractivity (Wildman–Crippen MR) is 107 cm³/mol. The summed E-state index contributed by atoms with van der Waals surface area (Å²) in [5.74, 6) is 10.7. The lowest BCUT2D eigenvalue weighted by Gasteiger charge is -2.54. The first-order valence-electron chi connectivity index (χ1n) is 11.3. The standard InChI is InChI=1S/C25H34O2/c1-16(26)22-7-8-23-21-6-5-18-15-25(27,13-9-17-3-4-17)14-11-19(18)20(21)10-12-24(22,23)2/h5,17,19-23,27H,3-4,6-8,10-12,14-15H2,1-2H3. The van der Waals surface area contributed by atoms with Gasteiger partial charge in [0.25, 0.3) is 0 Å². The summed E-state index contributed by atoms with van der Waals surface area (Å²) in [6, 6.07) is 0. The van der Waals surface area contributed by atoms with Crippen LogP contribution in [-0.4, -0.2) is 16.5 Å². The molecule has 4 saturated carbocycles. The number of carbonyl (C=O) groups is 1. The lowest BCUT2D eigenvalue weighted by atomic mass is 9.51. The molecule has 0 aromatic rings. The fourth-order valence-electron chi connectivity index (χ4n) is 7.53. The Morgan fingerprint density at radius 3 is 2.67 bits per heavy atom. The number of Topliss-reactive ketones (excluding diaryl/α,β-unsaturated/α-hetero) is 1. The van der Waals surface area contributed by atoms with Gasteiger partial charge in [-0.15, -0.1) is 0 Å². The SMILES string of the molecule is CC(=O)C1CCC2C3CC=C4CC(O)(C#CC5CC5)CCC4C3CCC12C. The largest absolute Gasteiger partial charge is 0.377 e. The smallest absolute Gasteiger partial charge is 0.133 e. The van der Waals surface area contributed by atoms with Crippen molar-refractivity contribution in [2.24, 2.45) is 40.9 Å². The third-order valence-electron chi connectivity index (χ3n) is 9.08. The predicted octanol–water partition coefficient (Wildman–Crippen LogP) is 4.91. The second kappa shape index (κ2) is 6.21. The van der Waals surface area contributed by atoms with Crippen LogP contribution in [-0.2, 0) is 4.79 Å². The van der Waals surface area contributed by atoms with Crippen LogP contribution in [0.3, 0.4) is 0 Å². The summed E-state index contributed by atoms with van der Waals surface area (Å²) in [5, 5.41) is 11.0. The first-order chi connectivity index (χ1) is 12.9. The molecule has 0 aromatic heterocycles. The zero-order chi connectivity index (χ0) is 18.8. The van der Waals surface area contributed by atoms with E-state index < -0.39 is 5.60 Å². The number of rotatable bonds is 1. The molecule has 0 bridgehead atoms. The number of carbonyl (C=O) groups excluding carboxylic acids is 1. The monoisotopic (exact) mass is 366 g/mol. The van der Waals surface area contributed by atoms with Gasteiger partial charge in [0, 0.05) is 18.3 Å². The van der Waals surface area contributed by atoms with E-state index in [1.165, 1.54) is 37.7 Å². The number of ketones is 1. The van der Waals surface area contributed by atoms with Crippen molar-refractivity contribution >= 4 is 5.78 Å². The minimum Gasteiger partial charge on any atom is -0.377 e. The number of allylic oxidation sites excluding steroid dienone is 1. The highest BCUT2D eigenvalue weighted by Gasteiger charge is 2.57. The Labute approximate surface area is 164 Å². The zero-order valence-corrected chi connectivity index (χ0v) is 17.0. The topological polar surface area (TPSA) is 37.3 Å². The lowest BCUT2D eigenvalue weighted by Crippen LogP contribution is -2.48. The van der Waals surface area contributed by atoms with E-state index in [4.69, 9.17) is 0 Å². The second-order valence-electron chi connectivity index (χ2n) is 10.6. The van der Waals surface area contributed by atoms with Crippen molar-refractivity contribution in [1.82, 2.24) is 0 Å². The van der Waals surface area contributed by atoms with Crippen LogP contribution in [0.15, 0.2) is 11.6 Å². The maximum absolute atomic E-state index is 12.2. The van der Waals surface area contributed by atoms with E-state index in [0.29, 0.717) is 23.5 Å². The number of aliphatic hydroxyl groups is 1. The van der Waals surface area contributed by atoms with Crippen LogP contribution in [0.5, 0.6) is 0 Å². The van der Waals surface area contributed by atoms with Gasteiger partial charge in [-0.1, -0.05) is 30.4 Å². The van der Waals surface area contributed by atoms with Crippen molar-refractivity contribution in [2.75, 3.05) is 0 Å². The van der Waals surface area contributed by atoms with Gasteiger partial charge < -0.3 is 5.11 Å². The van der Waals surface area contributed by atoms with Gasteiger partial charge in [-0.05, 0) is 93.8 Å². The van der Waals surface area contributed by atoms with Crippen LogP contribution < -0.4 is 0 Å². The third-order valence-corrected chi connectivity index (χ3v) is 9.08. The summed E-state index contributed by atoms with van der Waals surface area (Å²) < 4.78 is 0. The Morgan fingerprint density at radius 2 is 1.93 bits per heavy atom. The third kappa shape index (κ3) is 2.93. The fraction of sp³-hybridized carbons (Fsp3) is 0.800. The molecule has 7 unspecified atom stereocenters. The van der Waals surface area contributed by atoms with Crippen LogP contribution in [0, 0.1) is 52.8 Å². The fourth-order valence-corrected chi connectivity index (χ4v) is 7.53. The molecule has 7 atom stereocenters. The molecule has 0 saturated heterocycles. The highest BCUT2D eigenvalue weighted by molar-refractivity contribution is 5.79. The van der Waals surface area contributed by atoms with Gasteiger partial charge >= 0.3 is 0 Å². The minimum atomic E-state index is -0.770. The van der Waals surface area contributed by atoms with E-state index in [9.17, 15) is 9.90 Å². The van der Waals surface area contributed by atoms with Crippen LogP contribution in [0.25, 0.3) is 0 Å². The van der Waals surface area contributed by atoms with E-state index in [-0.39, 0.29) is 5.41 Å². The van der Waals surface area contributed by atoms with Crippen LogP contribution in [0.2, 0.25) is 0 Å². The number of hydrogen-bond acceptors (Lipinski definition) is 2. The van der Waals surface area contributed by atoms with Gasteiger partial charge in [0.1, 0.15) is 11.4 Å². The molecule has 5 aliphatic rings. The van der Waals surface area contributed by atoms with E-state index in [1.807, 2.05) is 6.92 Å². The van der Waals surface area contributed by atoms with E-state index in [2.05, 4.69) is 24.8 Å². The second-order valence-corrected chi connectivity index (χ2v) is 10.6. The maximum atomic E-state index is 12.2. The maximum Gasteiger partial charge on any atom is 0.133 e. The van der Waals surface area contributed by atoms with Gasteiger partial charge in [0.05, 0.1) is 0 Å². The molecule has 1 N–H and O–H groups in total. The molecule has 0 aliphatic heterocycles. The van der Waals surface area contributed by atoms with Crippen molar-refractivity contribution in [3.05, 3.63) is 11.6 Å². The van der Waals surface area contributed by atoms with Gasteiger partial charge in [0.2, 0.25) is 0 Å². The summed E-state index contributed by atoms with van der Waals surface area (Å²) in [4.78, 5) is 12.2. The van der Waals surface area contributed by atoms with Crippen LogP contribution in [0.1, 0.15) is 78.1 Å². The Morgan fingerprint density at radius 1 is 1.11 bits per heavy atom. The quantitative estimate of drug-likeness (QED) is 0.529. The molecule has 146 valence electrons. The normalized spacial score (nSPS) is 48.4. The molecule has 0 heterocycles. The Hall–Kier alpha value is -1.07. The van der Waals surface area contributed by atoms with Crippen molar-refractivity contribution in [2.45, 2.75) is 83.7 Å². The number of hydrogen-bond donors (Lipinski definition) is 1. The summed E-state index contributed by atoms with van der Waals surface area (Å²) in [5.41, 5.74) is 0.970. The molecule has 0 radical (unpaired) electrons. The Bertz CT molecular complexity index is 735. The molecular weight excluding hydrogens is 332 g/mol. The van der Waals surface area contributed by atoms with Crippen molar-refractivity contribution in [3.63, 3.8) is 0 Å². The molecule has 0 aromatic carbocycles. The summed E-state index contributed by atoms with van der Waals surface area (Å²) in [6.07, 6.45) is 13.6. The molecule has 2 nitrogen and oxygen atoms in total. The number of fused-ring (bicyclic) bond motifs is 5. The van der Waals surface area contributed by atoms with Crippen molar-refractivity contribution in [3.8, 4) is 11.8 Å². The average molecular weight is 367 g/mol. The zero-order valence-electron chi connectivity index (χ0n) is 17.0. The first kappa shape index (κ1) is 18.0. The van der Waals surface area contributed by atoms with Gasteiger partial charge in [-0.25, -0.2) is 0 Å². The van der Waals surface area contributed by atoms with Gasteiger partial charge in [-0.3, -0.25) is 4.79 Å². The molecule has 5 aliphatic carbocycles. The van der Waals surface area contributed by atoms with Crippen molar-refractivity contribution < 1.29 is 9.90 Å². The van der Waals surface area contributed by atoms with E-state index in [0.717, 1.165) is 49.9 Å². The molecule has 0 amide bonds. The highest BCUT2D eigenvalue weighted by Crippen LogP contribution is 2.63. The summed E-state index contributed by atoms with van der Waals surface area (Å²) in [6.45, 7) is 4.23. The highest BCUT2D eigenvalue weighted by atomic mass is 16.3. The molecule has 0 spiro atoms. The van der Waals surface area contributed by atoms with Gasteiger partial charge in [0.15, 0.2) is 0 Å². The summed E-state index contributed by atoms with van der Waals surface area (Å²) >= 11 is 0. The molecule has 27 heavy (non-hydrogen) atoms.